The molecule has 0 radical (unpaired) electrons. The van der Waals surface area contributed by atoms with Crippen LogP contribution in [0.4, 0.5) is 5.69 Å². The summed E-state index contributed by atoms with van der Waals surface area (Å²) in [5.74, 6) is 0.0737. The number of nitrogens with one attached hydrogen (secondary N) is 1. The van der Waals surface area contributed by atoms with E-state index in [9.17, 15) is 9.59 Å². The Morgan fingerprint density at radius 3 is 2.48 bits per heavy atom. The maximum absolute atomic E-state index is 12.9. The lowest BCUT2D eigenvalue weighted by Crippen LogP contribution is -2.23. The quantitative estimate of drug-likeness (QED) is 0.475. The summed E-state index contributed by atoms with van der Waals surface area (Å²) in [6.45, 7) is 0. The van der Waals surface area contributed by atoms with Crippen LogP contribution in [0.1, 0.15) is 10.4 Å². The molecule has 2 amide bonds. The molecule has 0 aliphatic carbocycles. The van der Waals surface area contributed by atoms with Crippen molar-refractivity contribution in [1.82, 2.24) is 4.90 Å². The van der Waals surface area contributed by atoms with Crippen LogP contribution in [-0.2, 0) is 4.79 Å². The van der Waals surface area contributed by atoms with Gasteiger partial charge in [-0.25, -0.2) is 0 Å². The highest BCUT2D eigenvalue weighted by Gasteiger charge is 2.15. The third-order valence-corrected chi connectivity index (χ3v) is 5.67. The number of anilines is 1. The van der Waals surface area contributed by atoms with Crippen LogP contribution in [0, 0.1) is 0 Å². The molecule has 146 valence electrons. The maximum Gasteiger partial charge on any atom is 0.256 e. The fraction of sp³-hybridized carbons (Fsp3) is 0.130. The second-order valence-corrected chi connectivity index (χ2v) is 7.85. The average molecular weight is 404 g/mol. The number of amides is 2. The smallest absolute Gasteiger partial charge is 0.256 e. The van der Waals surface area contributed by atoms with Gasteiger partial charge in [0.2, 0.25) is 5.91 Å². The van der Waals surface area contributed by atoms with Gasteiger partial charge in [0.15, 0.2) is 0 Å². The van der Waals surface area contributed by atoms with Crippen molar-refractivity contribution in [2.45, 2.75) is 4.90 Å². The number of carbonyl (C=O) groups excluding carboxylic acids is 2. The van der Waals surface area contributed by atoms with E-state index in [1.165, 1.54) is 11.8 Å². The van der Waals surface area contributed by atoms with Crippen LogP contribution in [-0.4, -0.2) is 36.6 Å². The van der Waals surface area contributed by atoms with Crippen molar-refractivity contribution in [3.63, 3.8) is 0 Å². The summed E-state index contributed by atoms with van der Waals surface area (Å²) in [4.78, 5) is 27.1. The number of carbonyl (C=O) groups is 2. The van der Waals surface area contributed by atoms with E-state index in [1.54, 1.807) is 25.1 Å². The molecule has 0 unspecified atom stereocenters. The van der Waals surface area contributed by atoms with E-state index in [2.05, 4.69) is 5.32 Å². The molecule has 4 rings (SSSR count). The highest BCUT2D eigenvalue weighted by molar-refractivity contribution is 8.00. The van der Waals surface area contributed by atoms with Gasteiger partial charge in [-0.15, -0.1) is 11.8 Å². The van der Waals surface area contributed by atoms with E-state index in [1.807, 2.05) is 60.7 Å². The molecule has 1 aromatic heterocycles. The lowest BCUT2D eigenvalue weighted by atomic mass is 10.1. The van der Waals surface area contributed by atoms with Gasteiger partial charge < -0.3 is 14.6 Å². The summed E-state index contributed by atoms with van der Waals surface area (Å²) in [6, 6.07) is 20.7. The number of benzene rings is 3. The summed E-state index contributed by atoms with van der Waals surface area (Å²) < 4.78 is 5.84. The molecule has 4 aromatic rings. The Bertz CT molecular complexity index is 1210. The van der Waals surface area contributed by atoms with Crippen LogP contribution in [0.2, 0.25) is 0 Å². The zero-order chi connectivity index (χ0) is 20.4. The van der Waals surface area contributed by atoms with Crippen LogP contribution >= 0.6 is 11.8 Å². The SMILES string of the molecule is CN(C)C(=O)CSc1ccccc1C(=O)Nc1ccc2oc3ccccc3c2c1. The van der Waals surface area contributed by atoms with Crippen LogP contribution in [0.25, 0.3) is 21.9 Å². The molecule has 0 spiro atoms. The van der Waals surface area contributed by atoms with Gasteiger partial charge in [0.05, 0.1) is 11.3 Å². The molecule has 0 saturated carbocycles. The van der Waals surface area contributed by atoms with Crippen LogP contribution in [0.15, 0.2) is 76.0 Å². The number of nitrogens with zero attached hydrogens (tertiary/aromatic N) is 1. The average Bonchev–Trinajstić information content (AvgIpc) is 3.10. The first-order valence-corrected chi connectivity index (χ1v) is 10.2. The highest BCUT2D eigenvalue weighted by atomic mass is 32.2. The molecule has 0 aliphatic heterocycles. The molecule has 0 fully saturated rings. The lowest BCUT2D eigenvalue weighted by molar-refractivity contribution is -0.125. The molecule has 1 heterocycles. The summed E-state index contributed by atoms with van der Waals surface area (Å²) in [5.41, 5.74) is 2.83. The van der Waals surface area contributed by atoms with Crippen molar-refractivity contribution < 1.29 is 14.0 Å². The fourth-order valence-corrected chi connectivity index (χ4v) is 4.08. The summed E-state index contributed by atoms with van der Waals surface area (Å²) in [7, 11) is 3.44. The number of para-hydroxylation sites is 1. The number of thioether (sulfide) groups is 1. The van der Waals surface area contributed by atoms with Gasteiger partial charge in [-0.3, -0.25) is 9.59 Å². The van der Waals surface area contributed by atoms with Crippen molar-refractivity contribution in [3.05, 3.63) is 72.3 Å². The highest BCUT2D eigenvalue weighted by Crippen LogP contribution is 2.31. The van der Waals surface area contributed by atoms with Gasteiger partial charge in [-0.05, 0) is 36.4 Å². The second kappa shape index (κ2) is 8.01. The first kappa shape index (κ1) is 19.1. The van der Waals surface area contributed by atoms with Crippen molar-refractivity contribution in [2.75, 3.05) is 25.2 Å². The summed E-state index contributed by atoms with van der Waals surface area (Å²) >= 11 is 1.36. The second-order valence-electron chi connectivity index (χ2n) is 6.84. The molecule has 0 bridgehead atoms. The number of furan rings is 1. The zero-order valence-electron chi connectivity index (χ0n) is 16.1. The van der Waals surface area contributed by atoms with Crippen molar-refractivity contribution in [1.29, 1.82) is 0 Å². The molecule has 1 N–H and O–H groups in total. The number of hydrogen-bond acceptors (Lipinski definition) is 4. The topological polar surface area (TPSA) is 62.6 Å². The lowest BCUT2D eigenvalue weighted by Gasteiger charge is -2.12. The zero-order valence-corrected chi connectivity index (χ0v) is 17.0. The number of fused-ring (bicyclic) bond motifs is 3. The normalized spacial score (nSPS) is 11.0. The van der Waals surface area contributed by atoms with Crippen LogP contribution < -0.4 is 5.32 Å². The predicted octanol–water partition coefficient (Wildman–Crippen LogP) is 5.02. The molecule has 3 aromatic carbocycles. The molecule has 0 saturated heterocycles. The van der Waals surface area contributed by atoms with Gasteiger partial charge in [0.25, 0.3) is 5.91 Å². The Labute approximate surface area is 172 Å². The molecule has 5 nitrogen and oxygen atoms in total. The maximum atomic E-state index is 12.9. The Balaban J connectivity index is 1.58. The number of rotatable bonds is 5. The summed E-state index contributed by atoms with van der Waals surface area (Å²) in [5, 5.41) is 4.93. The molecular formula is C23H20N2O3S. The van der Waals surface area contributed by atoms with Crippen LogP contribution in [0.3, 0.4) is 0 Å². The fourth-order valence-electron chi connectivity index (χ4n) is 3.05. The Morgan fingerprint density at radius 2 is 1.66 bits per heavy atom. The Kier molecular flexibility index (Phi) is 5.27. The van der Waals surface area contributed by atoms with Crippen molar-refractivity contribution >= 4 is 51.2 Å². The minimum absolute atomic E-state index is 0.00231. The van der Waals surface area contributed by atoms with Gasteiger partial charge in [-0.2, -0.15) is 0 Å². The monoisotopic (exact) mass is 404 g/mol. The summed E-state index contributed by atoms with van der Waals surface area (Å²) in [6.07, 6.45) is 0. The molecule has 29 heavy (non-hydrogen) atoms. The molecular weight excluding hydrogens is 384 g/mol. The first-order valence-electron chi connectivity index (χ1n) is 9.17. The standard InChI is InChI=1S/C23H20N2O3S/c1-25(2)22(26)14-29-21-10-6-4-8-17(21)23(27)24-15-11-12-20-18(13-15)16-7-3-5-9-19(16)28-20/h3-13H,14H2,1-2H3,(H,24,27). The minimum Gasteiger partial charge on any atom is -0.456 e. The largest absolute Gasteiger partial charge is 0.456 e. The van der Waals surface area contributed by atoms with Crippen molar-refractivity contribution in [2.24, 2.45) is 0 Å². The third-order valence-electron chi connectivity index (χ3n) is 4.62. The Morgan fingerprint density at radius 1 is 0.931 bits per heavy atom. The minimum atomic E-state index is -0.211. The molecule has 6 heteroatoms. The van der Waals surface area contributed by atoms with Gasteiger partial charge >= 0.3 is 0 Å². The van der Waals surface area contributed by atoms with Gasteiger partial charge in [0, 0.05) is 35.5 Å². The van der Waals surface area contributed by atoms with Gasteiger partial charge in [0.1, 0.15) is 11.2 Å². The Hall–Kier alpha value is -3.25. The number of hydrogen-bond donors (Lipinski definition) is 1. The van der Waals surface area contributed by atoms with Crippen molar-refractivity contribution in [3.8, 4) is 0 Å². The predicted molar refractivity (Wildman–Crippen MR) is 118 cm³/mol. The van der Waals surface area contributed by atoms with E-state index < -0.39 is 0 Å². The van der Waals surface area contributed by atoms with E-state index >= 15 is 0 Å². The molecule has 0 aliphatic rings. The van der Waals surface area contributed by atoms with E-state index in [0.29, 0.717) is 11.3 Å². The van der Waals surface area contributed by atoms with Crippen LogP contribution in [0.5, 0.6) is 0 Å². The van der Waals surface area contributed by atoms with E-state index in [0.717, 1.165) is 26.8 Å². The molecule has 0 atom stereocenters. The van der Waals surface area contributed by atoms with E-state index in [4.69, 9.17) is 4.42 Å². The van der Waals surface area contributed by atoms with E-state index in [-0.39, 0.29) is 17.6 Å². The van der Waals surface area contributed by atoms with Gasteiger partial charge in [-0.1, -0.05) is 30.3 Å². The first-order chi connectivity index (χ1) is 14.0. The third kappa shape index (κ3) is 3.98.